The van der Waals surface area contributed by atoms with Crippen molar-refractivity contribution in [2.75, 3.05) is 0 Å². The lowest BCUT2D eigenvalue weighted by Gasteiger charge is -2.22. The van der Waals surface area contributed by atoms with E-state index < -0.39 is 0 Å². The first-order valence-corrected chi connectivity index (χ1v) is 12.4. The van der Waals surface area contributed by atoms with E-state index in [1.54, 1.807) is 11.1 Å². The molecule has 2 saturated carbocycles. The largest absolute Gasteiger partial charge is 0.0534 e. The first-order valence-electron chi connectivity index (χ1n) is 10.8. The number of benzene rings is 4. The van der Waals surface area contributed by atoms with Gasteiger partial charge in [-0.3, -0.25) is 0 Å². The monoisotopic (exact) mass is 494 g/mol. The average molecular weight is 496 g/mol. The van der Waals surface area contributed by atoms with Gasteiger partial charge in [-0.25, -0.2) is 0 Å². The Bertz CT molecular complexity index is 1100. The number of hydrogen-bond acceptors (Lipinski definition) is 0. The lowest BCUT2D eigenvalue weighted by atomic mass is 9.84. The molecule has 0 heterocycles. The maximum absolute atomic E-state index is 3.93. The van der Waals surface area contributed by atoms with Gasteiger partial charge in [0, 0.05) is 8.95 Å². The predicted octanol–water partition coefficient (Wildman–Crippen LogP) is 9.42. The van der Waals surface area contributed by atoms with Gasteiger partial charge in [0.25, 0.3) is 0 Å². The van der Waals surface area contributed by atoms with Gasteiger partial charge in [-0.1, -0.05) is 81.8 Å². The van der Waals surface area contributed by atoms with Crippen molar-refractivity contribution in [3.8, 4) is 0 Å². The zero-order valence-corrected chi connectivity index (χ0v) is 19.2. The van der Waals surface area contributed by atoms with E-state index in [0.717, 1.165) is 11.8 Å². The van der Waals surface area contributed by atoms with Crippen LogP contribution in [0.15, 0.2) is 45.3 Å². The van der Waals surface area contributed by atoms with E-state index in [9.17, 15) is 0 Å². The lowest BCUT2D eigenvalue weighted by Crippen LogP contribution is -1.99. The second-order valence-corrected chi connectivity index (χ2v) is 10.6. The third-order valence-electron chi connectivity index (χ3n) is 7.45. The van der Waals surface area contributed by atoms with Crippen LogP contribution in [0.3, 0.4) is 0 Å². The van der Waals surface area contributed by atoms with Gasteiger partial charge in [-0.15, -0.1) is 0 Å². The summed E-state index contributed by atoms with van der Waals surface area (Å²) in [6, 6.07) is 14.3. The highest BCUT2D eigenvalue weighted by Gasteiger charge is 2.25. The van der Waals surface area contributed by atoms with E-state index in [1.165, 1.54) is 92.6 Å². The Balaban J connectivity index is 1.75. The molecule has 2 heteroatoms. The molecule has 28 heavy (non-hydrogen) atoms. The fourth-order valence-corrected chi connectivity index (χ4v) is 7.26. The molecule has 2 fully saturated rings. The highest BCUT2D eigenvalue weighted by molar-refractivity contribution is 9.11. The van der Waals surface area contributed by atoms with Gasteiger partial charge in [-0.2, -0.15) is 0 Å². The number of halogens is 2. The van der Waals surface area contributed by atoms with Crippen molar-refractivity contribution in [1.29, 1.82) is 0 Å². The van der Waals surface area contributed by atoms with E-state index in [2.05, 4.69) is 68.3 Å². The quantitative estimate of drug-likeness (QED) is 0.243. The molecule has 0 spiro atoms. The summed E-state index contributed by atoms with van der Waals surface area (Å²) in [6.45, 7) is 0. The Morgan fingerprint density at radius 2 is 0.893 bits per heavy atom. The molecule has 0 atom stereocenters. The summed E-state index contributed by atoms with van der Waals surface area (Å²) >= 11 is 7.86. The molecule has 2 aliphatic rings. The van der Waals surface area contributed by atoms with Gasteiger partial charge < -0.3 is 0 Å². The number of rotatable bonds is 2. The zero-order chi connectivity index (χ0) is 18.8. The summed E-state index contributed by atoms with van der Waals surface area (Å²) in [4.78, 5) is 0. The van der Waals surface area contributed by atoms with Crippen molar-refractivity contribution in [2.45, 2.75) is 63.2 Å². The molecule has 0 bridgehead atoms. The smallest absolute Gasteiger partial charge is 0.0257 e. The lowest BCUT2D eigenvalue weighted by molar-refractivity contribution is 0.729. The molecular weight excluding hydrogens is 472 g/mol. The van der Waals surface area contributed by atoms with Crippen LogP contribution in [0.4, 0.5) is 0 Å². The zero-order valence-electron chi connectivity index (χ0n) is 16.0. The van der Waals surface area contributed by atoms with Crippen LogP contribution in [-0.2, 0) is 0 Å². The molecule has 0 nitrogen and oxygen atoms in total. The molecule has 0 aromatic heterocycles. The Labute approximate surface area is 183 Å². The maximum atomic E-state index is 3.93. The molecule has 0 amide bonds. The molecule has 4 aromatic rings. The number of hydrogen-bond donors (Lipinski definition) is 0. The van der Waals surface area contributed by atoms with Crippen molar-refractivity contribution in [3.05, 3.63) is 56.5 Å². The summed E-state index contributed by atoms with van der Waals surface area (Å²) in [5, 5.41) is 8.66. The molecule has 6 rings (SSSR count). The Hall–Kier alpha value is -1.12. The minimum atomic E-state index is 0.721. The highest BCUT2D eigenvalue weighted by atomic mass is 79.9. The summed E-state index contributed by atoms with van der Waals surface area (Å²) in [5.41, 5.74) is 3.13. The first-order chi connectivity index (χ1) is 13.7. The minimum Gasteiger partial charge on any atom is -0.0534 e. The third kappa shape index (κ3) is 2.53. The highest BCUT2D eigenvalue weighted by Crippen LogP contribution is 2.48. The normalized spacial score (nSPS) is 19.1. The molecule has 142 valence electrons. The fraction of sp³-hybridized carbons (Fsp3) is 0.385. The third-order valence-corrected chi connectivity index (χ3v) is 8.76. The van der Waals surface area contributed by atoms with Crippen LogP contribution < -0.4 is 0 Å². The van der Waals surface area contributed by atoms with Gasteiger partial charge >= 0.3 is 0 Å². The molecular formula is C26H24Br2. The van der Waals surface area contributed by atoms with Crippen molar-refractivity contribution in [2.24, 2.45) is 0 Å². The summed E-state index contributed by atoms with van der Waals surface area (Å²) in [7, 11) is 0. The summed E-state index contributed by atoms with van der Waals surface area (Å²) < 4.78 is 2.53. The second-order valence-electron chi connectivity index (χ2n) is 8.93. The summed E-state index contributed by atoms with van der Waals surface area (Å²) in [6.07, 6.45) is 10.9. The second kappa shape index (κ2) is 6.71. The van der Waals surface area contributed by atoms with Gasteiger partial charge in [0.2, 0.25) is 0 Å². The Kier molecular flexibility index (Phi) is 4.24. The molecule has 0 saturated heterocycles. The van der Waals surface area contributed by atoms with E-state index in [1.807, 2.05) is 0 Å². The molecule has 2 aliphatic carbocycles. The van der Waals surface area contributed by atoms with Gasteiger partial charge in [-0.05, 0) is 93.1 Å². The van der Waals surface area contributed by atoms with E-state index in [4.69, 9.17) is 0 Å². The average Bonchev–Trinajstić information content (AvgIpc) is 3.42. The summed E-state index contributed by atoms with van der Waals surface area (Å²) in [5.74, 6) is 1.44. The van der Waals surface area contributed by atoms with Crippen molar-refractivity contribution in [3.63, 3.8) is 0 Å². The predicted molar refractivity (Wildman–Crippen MR) is 128 cm³/mol. The molecule has 0 aliphatic heterocycles. The van der Waals surface area contributed by atoms with Crippen molar-refractivity contribution >= 4 is 64.2 Å². The SMILES string of the molecule is Brc1cc(C2CCCC2)c2ccc3c(Br)cc(C4CCCC4)c4ccc1c2c34. The fourth-order valence-electron chi connectivity index (χ4n) is 6.11. The van der Waals surface area contributed by atoms with Crippen LogP contribution in [0, 0.1) is 0 Å². The van der Waals surface area contributed by atoms with E-state index >= 15 is 0 Å². The van der Waals surface area contributed by atoms with Crippen LogP contribution in [0.25, 0.3) is 32.3 Å². The first kappa shape index (κ1) is 17.7. The Morgan fingerprint density at radius 3 is 1.29 bits per heavy atom. The molecule has 0 unspecified atom stereocenters. The molecule has 0 N–H and O–H groups in total. The van der Waals surface area contributed by atoms with E-state index in [0.29, 0.717) is 0 Å². The van der Waals surface area contributed by atoms with Crippen LogP contribution in [-0.4, -0.2) is 0 Å². The van der Waals surface area contributed by atoms with Crippen LogP contribution in [0.2, 0.25) is 0 Å². The molecule has 0 radical (unpaired) electrons. The van der Waals surface area contributed by atoms with Crippen LogP contribution >= 0.6 is 31.9 Å². The molecule has 4 aromatic carbocycles. The van der Waals surface area contributed by atoms with E-state index in [-0.39, 0.29) is 0 Å². The van der Waals surface area contributed by atoms with Crippen LogP contribution in [0.5, 0.6) is 0 Å². The van der Waals surface area contributed by atoms with Crippen molar-refractivity contribution in [1.82, 2.24) is 0 Å². The van der Waals surface area contributed by atoms with Gasteiger partial charge in [0.15, 0.2) is 0 Å². The minimum absolute atomic E-state index is 0.721. The topological polar surface area (TPSA) is 0 Å². The standard InChI is InChI=1S/C26H24Br2/c27-23-13-21(15-5-1-2-6-15)17-9-11-20-24(28)14-22(16-7-3-4-8-16)18-10-12-19(23)25(17)26(18)20/h9-16H,1-8H2. The Morgan fingerprint density at radius 1 is 0.536 bits per heavy atom. The van der Waals surface area contributed by atoms with Gasteiger partial charge in [0.1, 0.15) is 0 Å². The maximum Gasteiger partial charge on any atom is 0.0257 e. The van der Waals surface area contributed by atoms with Crippen LogP contribution in [0.1, 0.15) is 74.3 Å². The van der Waals surface area contributed by atoms with Gasteiger partial charge in [0.05, 0.1) is 0 Å². The van der Waals surface area contributed by atoms with Crippen molar-refractivity contribution < 1.29 is 0 Å².